The number of carbonyl (C=O) groups excluding carboxylic acids is 1. The van der Waals surface area contributed by atoms with Crippen molar-refractivity contribution < 1.29 is 9.53 Å². The van der Waals surface area contributed by atoms with Gasteiger partial charge in [0.1, 0.15) is 12.1 Å². The van der Waals surface area contributed by atoms with Crippen molar-refractivity contribution in [3.05, 3.63) is 53.0 Å². The van der Waals surface area contributed by atoms with E-state index in [4.69, 9.17) is 4.74 Å². The molecule has 4 heterocycles. The number of aromatic nitrogens is 2. The highest BCUT2D eigenvalue weighted by Gasteiger charge is 2.63. The summed E-state index contributed by atoms with van der Waals surface area (Å²) in [6.07, 6.45) is 5.08. The van der Waals surface area contributed by atoms with Crippen molar-refractivity contribution in [3.8, 4) is 0 Å². The van der Waals surface area contributed by atoms with E-state index in [0.717, 1.165) is 55.0 Å². The van der Waals surface area contributed by atoms with Crippen LogP contribution in [0.1, 0.15) is 46.9 Å². The molecule has 0 radical (unpaired) electrons. The van der Waals surface area contributed by atoms with Crippen LogP contribution in [-0.2, 0) is 11.2 Å². The predicted octanol–water partition coefficient (Wildman–Crippen LogP) is 3.07. The van der Waals surface area contributed by atoms with E-state index in [1.807, 2.05) is 31.2 Å². The molecule has 2 bridgehead atoms. The third-order valence-electron chi connectivity index (χ3n) is 7.52. The van der Waals surface area contributed by atoms with Crippen molar-refractivity contribution in [3.63, 3.8) is 0 Å². The average Bonchev–Trinajstić information content (AvgIpc) is 3.42. The smallest absolute Gasteiger partial charge is 0.251 e. The third-order valence-corrected chi connectivity index (χ3v) is 7.52. The second-order valence-electron chi connectivity index (χ2n) is 9.08. The number of anilines is 1. The number of nitrogens with zero attached hydrogens (tertiary/aromatic N) is 3. The average molecular weight is 407 g/mol. The maximum atomic E-state index is 12.7. The van der Waals surface area contributed by atoms with Gasteiger partial charge in [0.05, 0.1) is 11.7 Å². The molecule has 158 valence electrons. The Balaban J connectivity index is 1.29. The summed E-state index contributed by atoms with van der Waals surface area (Å²) in [7, 11) is 0. The van der Waals surface area contributed by atoms with E-state index >= 15 is 0 Å². The molecule has 1 N–H and O–H groups in total. The Kier molecular flexibility index (Phi) is 4.77. The normalized spacial score (nSPS) is 29.3. The lowest BCUT2D eigenvalue weighted by atomic mass is 9.73. The van der Waals surface area contributed by atoms with Crippen LogP contribution in [0.2, 0.25) is 0 Å². The van der Waals surface area contributed by atoms with Gasteiger partial charge >= 0.3 is 0 Å². The molecular weight excluding hydrogens is 376 g/mol. The fraction of sp³-hybridized carbons (Fsp3) is 0.542. The first kappa shape index (κ1) is 19.5. The Bertz CT molecular complexity index is 960. The zero-order chi connectivity index (χ0) is 20.9. The summed E-state index contributed by atoms with van der Waals surface area (Å²) in [4.78, 5) is 23.9. The molecule has 2 aromatic rings. The first-order valence-corrected chi connectivity index (χ1v) is 11.1. The minimum Gasteiger partial charge on any atom is -0.369 e. The zero-order valence-electron chi connectivity index (χ0n) is 18.0. The standard InChI is InChI=1S/C24H30N4O2/c1-4-17-5-7-18(8-6-17)23(29)25-11-19-20-12-28(13-24(20)10-9-21(19)30-24)22-15(2)16(3)26-14-27-22/h5-8,14,19-21H,4,9-13H2,1-3H3,(H,25,29)/t19-,20+,21+,24+/m0/s1. The molecule has 0 aliphatic carbocycles. The van der Waals surface area contributed by atoms with Crippen molar-refractivity contribution in [2.45, 2.75) is 51.7 Å². The molecule has 6 heteroatoms. The van der Waals surface area contributed by atoms with Gasteiger partial charge in [0.25, 0.3) is 5.91 Å². The molecule has 1 aromatic heterocycles. The molecule has 1 amide bonds. The van der Waals surface area contributed by atoms with Gasteiger partial charge in [0.2, 0.25) is 0 Å². The Morgan fingerprint density at radius 2 is 2.07 bits per heavy atom. The fourth-order valence-corrected chi connectivity index (χ4v) is 5.67. The molecule has 30 heavy (non-hydrogen) atoms. The lowest BCUT2D eigenvalue weighted by Crippen LogP contribution is -2.41. The van der Waals surface area contributed by atoms with E-state index in [9.17, 15) is 4.79 Å². The topological polar surface area (TPSA) is 67.4 Å². The van der Waals surface area contributed by atoms with Crippen LogP contribution >= 0.6 is 0 Å². The van der Waals surface area contributed by atoms with Gasteiger partial charge < -0.3 is 15.0 Å². The minimum atomic E-state index is -0.0892. The van der Waals surface area contributed by atoms with E-state index < -0.39 is 0 Å². The highest BCUT2D eigenvalue weighted by Crippen LogP contribution is 2.55. The quantitative estimate of drug-likeness (QED) is 0.827. The van der Waals surface area contributed by atoms with Crippen LogP contribution in [0, 0.1) is 25.7 Å². The monoisotopic (exact) mass is 406 g/mol. The number of ether oxygens (including phenoxy) is 1. The summed E-state index contributed by atoms with van der Waals surface area (Å²) in [5.74, 6) is 1.81. The molecule has 6 nitrogen and oxygen atoms in total. The van der Waals surface area contributed by atoms with Gasteiger partial charge in [-0.2, -0.15) is 0 Å². The fourth-order valence-electron chi connectivity index (χ4n) is 5.67. The molecule has 3 fully saturated rings. The van der Waals surface area contributed by atoms with Crippen LogP contribution in [0.3, 0.4) is 0 Å². The number of rotatable bonds is 5. The second-order valence-corrected chi connectivity index (χ2v) is 9.08. The second kappa shape index (κ2) is 7.34. The van der Waals surface area contributed by atoms with E-state index in [0.29, 0.717) is 18.4 Å². The highest BCUT2D eigenvalue weighted by molar-refractivity contribution is 5.94. The van der Waals surface area contributed by atoms with Gasteiger partial charge in [0, 0.05) is 48.3 Å². The zero-order valence-corrected chi connectivity index (χ0v) is 18.0. The highest BCUT2D eigenvalue weighted by atomic mass is 16.5. The van der Waals surface area contributed by atoms with Crippen molar-refractivity contribution in [1.29, 1.82) is 0 Å². The predicted molar refractivity (Wildman–Crippen MR) is 116 cm³/mol. The van der Waals surface area contributed by atoms with Crippen molar-refractivity contribution in [2.24, 2.45) is 11.8 Å². The Hall–Kier alpha value is -2.47. The molecule has 1 spiro atoms. The number of carbonyl (C=O) groups is 1. The number of hydrogen-bond acceptors (Lipinski definition) is 5. The Morgan fingerprint density at radius 1 is 1.27 bits per heavy atom. The molecule has 4 atom stereocenters. The number of hydrogen-bond donors (Lipinski definition) is 1. The molecule has 0 unspecified atom stereocenters. The molecule has 3 aliphatic heterocycles. The number of nitrogens with one attached hydrogen (secondary N) is 1. The van der Waals surface area contributed by atoms with Crippen molar-refractivity contribution >= 4 is 11.7 Å². The molecule has 5 rings (SSSR count). The van der Waals surface area contributed by atoms with E-state index in [1.165, 1.54) is 5.56 Å². The van der Waals surface area contributed by atoms with E-state index in [1.54, 1.807) is 6.33 Å². The molecule has 1 aromatic carbocycles. The van der Waals surface area contributed by atoms with Gasteiger partial charge in [-0.15, -0.1) is 0 Å². The summed E-state index contributed by atoms with van der Waals surface area (Å²) in [5, 5.41) is 3.18. The molecule has 0 saturated carbocycles. The van der Waals surface area contributed by atoms with Crippen molar-refractivity contribution in [1.82, 2.24) is 15.3 Å². The van der Waals surface area contributed by atoms with Crippen LogP contribution in [0.25, 0.3) is 0 Å². The van der Waals surface area contributed by atoms with Crippen LogP contribution in [0.5, 0.6) is 0 Å². The van der Waals surface area contributed by atoms with Gasteiger partial charge in [0.15, 0.2) is 0 Å². The number of amides is 1. The van der Waals surface area contributed by atoms with Gasteiger partial charge in [-0.1, -0.05) is 19.1 Å². The minimum absolute atomic E-state index is 0.00611. The number of aryl methyl sites for hydroxylation is 2. The van der Waals surface area contributed by atoms with Crippen LogP contribution in [0.4, 0.5) is 5.82 Å². The largest absolute Gasteiger partial charge is 0.369 e. The SMILES string of the molecule is CCc1ccc(C(=O)NC[C@H]2[C@H]3CN(c4ncnc(C)c4C)C[C@]34CC[C@H]2O4)cc1. The summed E-state index contributed by atoms with van der Waals surface area (Å²) in [6, 6.07) is 7.91. The van der Waals surface area contributed by atoms with Gasteiger partial charge in [-0.25, -0.2) is 9.97 Å². The number of benzene rings is 1. The first-order valence-electron chi connectivity index (χ1n) is 11.1. The van der Waals surface area contributed by atoms with Gasteiger partial charge in [-0.3, -0.25) is 4.79 Å². The number of fused-ring (bicyclic) bond motifs is 1. The van der Waals surface area contributed by atoms with E-state index in [-0.39, 0.29) is 17.6 Å². The summed E-state index contributed by atoms with van der Waals surface area (Å²) < 4.78 is 6.55. The molecule has 3 saturated heterocycles. The third kappa shape index (κ3) is 3.09. The Morgan fingerprint density at radius 3 is 2.83 bits per heavy atom. The first-order chi connectivity index (χ1) is 14.5. The summed E-state index contributed by atoms with van der Waals surface area (Å²) in [5.41, 5.74) is 4.05. The van der Waals surface area contributed by atoms with Crippen LogP contribution < -0.4 is 10.2 Å². The summed E-state index contributed by atoms with van der Waals surface area (Å²) >= 11 is 0. The van der Waals surface area contributed by atoms with Crippen LogP contribution in [-0.4, -0.2) is 47.2 Å². The maximum Gasteiger partial charge on any atom is 0.251 e. The maximum absolute atomic E-state index is 12.7. The lowest BCUT2D eigenvalue weighted by molar-refractivity contribution is 0.0141. The van der Waals surface area contributed by atoms with Crippen molar-refractivity contribution in [2.75, 3.05) is 24.5 Å². The molecular formula is C24H30N4O2. The molecule has 3 aliphatic rings. The summed E-state index contributed by atoms with van der Waals surface area (Å²) in [6.45, 7) is 8.73. The lowest BCUT2D eigenvalue weighted by Gasteiger charge is -2.29. The van der Waals surface area contributed by atoms with Crippen LogP contribution in [0.15, 0.2) is 30.6 Å². The van der Waals surface area contributed by atoms with E-state index in [2.05, 4.69) is 34.0 Å². The Labute approximate surface area is 178 Å². The van der Waals surface area contributed by atoms with Gasteiger partial charge in [-0.05, 0) is 50.8 Å².